The molecule has 0 radical (unpaired) electrons. The van der Waals surface area contributed by atoms with Gasteiger partial charge in [-0.05, 0) is 17.7 Å². The number of aliphatic imine (C=N–C) groups is 1. The van der Waals surface area contributed by atoms with Crippen molar-refractivity contribution >= 4 is 23.6 Å². The number of nitrogens with one attached hydrogen (secondary N) is 1. The van der Waals surface area contributed by atoms with Crippen LogP contribution in [0.2, 0.25) is 0 Å². The fourth-order valence-corrected chi connectivity index (χ4v) is 1.17. The number of amides is 2. The van der Waals surface area contributed by atoms with E-state index < -0.39 is 5.91 Å². The molecule has 2 amide bonds. The molecule has 1 aromatic carbocycles. The Hall–Kier alpha value is -2.26. The first-order chi connectivity index (χ1) is 7.61. The highest BCUT2D eigenvalue weighted by Gasteiger charge is 2.02. The maximum atomic E-state index is 11.0. The third kappa shape index (κ3) is 3.86. The quantitative estimate of drug-likeness (QED) is 0.608. The zero-order valence-corrected chi connectivity index (χ0v) is 8.69. The Labute approximate surface area is 92.2 Å². The topological polar surface area (TPSA) is 75.6 Å². The first kappa shape index (κ1) is 11.8. The van der Waals surface area contributed by atoms with Gasteiger partial charge in [-0.25, -0.2) is 4.79 Å². The molecule has 5 nitrogen and oxygen atoms in total. The van der Waals surface area contributed by atoms with E-state index in [0.717, 1.165) is 5.56 Å². The second-order valence-electron chi connectivity index (χ2n) is 3.15. The van der Waals surface area contributed by atoms with E-state index in [-0.39, 0.29) is 12.3 Å². The maximum Gasteiger partial charge on any atom is 0.260 e. The molecule has 0 atom stereocenters. The first-order valence-electron chi connectivity index (χ1n) is 4.59. The number of hydrogen-bond acceptors (Lipinski definition) is 3. The summed E-state index contributed by atoms with van der Waals surface area (Å²) in [4.78, 5) is 34.5. The van der Waals surface area contributed by atoms with Crippen molar-refractivity contribution in [1.29, 1.82) is 0 Å². The van der Waals surface area contributed by atoms with E-state index in [9.17, 15) is 14.4 Å². The van der Waals surface area contributed by atoms with E-state index in [1.165, 1.54) is 13.0 Å². The van der Waals surface area contributed by atoms with Gasteiger partial charge in [0.2, 0.25) is 12.0 Å². The third-order valence-corrected chi connectivity index (χ3v) is 1.80. The summed E-state index contributed by atoms with van der Waals surface area (Å²) in [6.07, 6.45) is 1.24. The lowest BCUT2D eigenvalue weighted by atomic mass is 10.1. The summed E-state index contributed by atoms with van der Waals surface area (Å²) < 4.78 is 0. The lowest BCUT2D eigenvalue weighted by Gasteiger charge is -2.02. The zero-order chi connectivity index (χ0) is 12.0. The van der Waals surface area contributed by atoms with E-state index in [1.807, 2.05) is 0 Å². The van der Waals surface area contributed by atoms with Gasteiger partial charge < -0.3 is 5.32 Å². The summed E-state index contributed by atoms with van der Waals surface area (Å²) in [5.41, 5.74) is 1.38. The minimum absolute atomic E-state index is 0.0512. The van der Waals surface area contributed by atoms with Crippen LogP contribution in [-0.4, -0.2) is 17.9 Å². The fraction of sp³-hybridized carbons (Fsp3) is 0.182. The molecule has 0 aliphatic rings. The molecule has 0 saturated carbocycles. The molecule has 16 heavy (non-hydrogen) atoms. The van der Waals surface area contributed by atoms with Gasteiger partial charge in [-0.1, -0.05) is 12.1 Å². The SMILES string of the molecule is CC(=O)Nc1ccc(CC(=O)N=C=O)cc1. The van der Waals surface area contributed by atoms with Crippen molar-refractivity contribution < 1.29 is 14.4 Å². The fourth-order valence-electron chi connectivity index (χ4n) is 1.17. The van der Waals surface area contributed by atoms with E-state index >= 15 is 0 Å². The second kappa shape index (κ2) is 5.58. The average Bonchev–Trinajstić information content (AvgIpc) is 2.20. The van der Waals surface area contributed by atoms with Crippen LogP contribution in [0.5, 0.6) is 0 Å². The van der Waals surface area contributed by atoms with Crippen LogP contribution in [0.4, 0.5) is 5.69 Å². The van der Waals surface area contributed by atoms with Crippen molar-refractivity contribution in [3.8, 4) is 0 Å². The Balaban J connectivity index is 2.67. The number of nitrogens with zero attached hydrogens (tertiary/aromatic N) is 1. The number of hydrogen-bond donors (Lipinski definition) is 1. The normalized spacial score (nSPS) is 9.06. The van der Waals surface area contributed by atoms with Gasteiger partial charge in [0.1, 0.15) is 0 Å². The average molecular weight is 218 g/mol. The molecule has 1 N–H and O–H groups in total. The van der Waals surface area contributed by atoms with E-state index in [4.69, 9.17) is 0 Å². The van der Waals surface area contributed by atoms with Gasteiger partial charge >= 0.3 is 0 Å². The summed E-state index contributed by atoms with van der Waals surface area (Å²) in [5.74, 6) is -0.698. The summed E-state index contributed by atoms with van der Waals surface area (Å²) in [6, 6.07) is 6.72. The Bertz CT molecular complexity index is 445. The summed E-state index contributed by atoms with van der Waals surface area (Å²) in [6.45, 7) is 1.41. The van der Waals surface area contributed by atoms with Crippen LogP contribution in [-0.2, 0) is 20.8 Å². The monoisotopic (exact) mass is 218 g/mol. The Kier molecular flexibility index (Phi) is 4.12. The van der Waals surface area contributed by atoms with E-state index in [0.29, 0.717) is 5.69 Å². The molecule has 0 saturated heterocycles. The highest BCUT2D eigenvalue weighted by molar-refractivity contribution is 5.88. The number of isocyanates is 1. The number of carbonyl (C=O) groups excluding carboxylic acids is 3. The Morgan fingerprint density at radius 3 is 2.44 bits per heavy atom. The van der Waals surface area contributed by atoms with Gasteiger partial charge in [-0.15, -0.1) is 4.99 Å². The molecule has 0 fully saturated rings. The van der Waals surface area contributed by atoms with Gasteiger partial charge in [-0.2, -0.15) is 0 Å². The number of rotatable bonds is 3. The molecule has 1 rings (SSSR count). The minimum atomic E-state index is -0.540. The van der Waals surface area contributed by atoms with E-state index in [2.05, 4.69) is 10.3 Å². The Morgan fingerprint density at radius 2 is 1.94 bits per heavy atom. The lowest BCUT2D eigenvalue weighted by molar-refractivity contribution is -0.117. The highest BCUT2D eigenvalue weighted by Crippen LogP contribution is 2.10. The van der Waals surface area contributed by atoms with Crippen LogP contribution in [0.25, 0.3) is 0 Å². The van der Waals surface area contributed by atoms with Crippen LogP contribution < -0.4 is 5.32 Å². The van der Waals surface area contributed by atoms with Crippen LogP contribution in [0.3, 0.4) is 0 Å². The molecule has 0 heterocycles. The molecule has 0 aliphatic carbocycles. The molecular weight excluding hydrogens is 208 g/mol. The van der Waals surface area contributed by atoms with Gasteiger partial charge in [0.15, 0.2) is 0 Å². The van der Waals surface area contributed by atoms with Gasteiger partial charge in [-0.3, -0.25) is 9.59 Å². The zero-order valence-electron chi connectivity index (χ0n) is 8.69. The molecule has 0 aromatic heterocycles. The predicted molar refractivity (Wildman–Crippen MR) is 57.6 cm³/mol. The van der Waals surface area contributed by atoms with E-state index in [1.54, 1.807) is 24.3 Å². The summed E-state index contributed by atoms with van der Waals surface area (Å²) in [5, 5.41) is 2.60. The third-order valence-electron chi connectivity index (χ3n) is 1.80. The van der Waals surface area contributed by atoms with Crippen LogP contribution in [0, 0.1) is 0 Å². The van der Waals surface area contributed by atoms with Crippen LogP contribution in [0.15, 0.2) is 29.3 Å². The lowest BCUT2D eigenvalue weighted by Crippen LogP contribution is -2.05. The summed E-state index contributed by atoms with van der Waals surface area (Å²) >= 11 is 0. The maximum absolute atomic E-state index is 11.0. The summed E-state index contributed by atoms with van der Waals surface area (Å²) in [7, 11) is 0. The number of benzene rings is 1. The second-order valence-corrected chi connectivity index (χ2v) is 3.15. The van der Waals surface area contributed by atoms with Crippen molar-refractivity contribution in [3.05, 3.63) is 29.8 Å². The molecule has 0 spiro atoms. The largest absolute Gasteiger partial charge is 0.326 e. The molecular formula is C11H10N2O3. The van der Waals surface area contributed by atoms with Crippen molar-refractivity contribution in [2.45, 2.75) is 13.3 Å². The molecule has 5 heteroatoms. The van der Waals surface area contributed by atoms with Gasteiger partial charge in [0.25, 0.3) is 5.91 Å². The van der Waals surface area contributed by atoms with Gasteiger partial charge in [0.05, 0.1) is 6.42 Å². The van der Waals surface area contributed by atoms with Crippen molar-refractivity contribution in [3.63, 3.8) is 0 Å². The van der Waals surface area contributed by atoms with Crippen molar-refractivity contribution in [1.82, 2.24) is 0 Å². The van der Waals surface area contributed by atoms with Crippen LogP contribution >= 0.6 is 0 Å². The van der Waals surface area contributed by atoms with Gasteiger partial charge in [0, 0.05) is 12.6 Å². The standard InChI is InChI=1S/C11H10N2O3/c1-8(15)13-10-4-2-9(3-5-10)6-11(16)12-7-14/h2-5H,6H2,1H3,(H,13,15). The first-order valence-corrected chi connectivity index (χ1v) is 4.59. The Morgan fingerprint density at radius 1 is 1.31 bits per heavy atom. The molecule has 0 unspecified atom stereocenters. The van der Waals surface area contributed by atoms with Crippen molar-refractivity contribution in [2.75, 3.05) is 5.32 Å². The smallest absolute Gasteiger partial charge is 0.260 e. The molecule has 82 valence electrons. The van der Waals surface area contributed by atoms with Crippen molar-refractivity contribution in [2.24, 2.45) is 4.99 Å². The predicted octanol–water partition coefficient (Wildman–Crippen LogP) is 1.05. The van der Waals surface area contributed by atoms with Crippen LogP contribution in [0.1, 0.15) is 12.5 Å². The molecule has 0 bridgehead atoms. The number of anilines is 1. The highest BCUT2D eigenvalue weighted by atomic mass is 16.2. The molecule has 1 aromatic rings. The number of carbonyl (C=O) groups is 2. The molecule has 0 aliphatic heterocycles. The minimum Gasteiger partial charge on any atom is -0.326 e.